The minimum Gasteiger partial charge on any atom is -0.353 e. The maximum Gasteiger partial charge on any atom is 0.179 e. The second-order valence-electron chi connectivity index (χ2n) is 21.1. The summed E-state index contributed by atoms with van der Waals surface area (Å²) in [6, 6.07) is 0. The molecule has 0 aliphatic rings. The molecule has 0 aromatic carbocycles. The van der Waals surface area contributed by atoms with E-state index in [-0.39, 0.29) is 12.6 Å². The Balaban J connectivity index is 4.20. The van der Waals surface area contributed by atoms with Gasteiger partial charge in [-0.05, 0) is 89.2 Å². The topological polar surface area (TPSA) is 64.6 Å². The number of ether oxygens (including phenoxy) is 7. The lowest BCUT2D eigenvalue weighted by molar-refractivity contribution is -0.188. The Morgan fingerprint density at radius 3 is 0.746 bits per heavy atom. The summed E-state index contributed by atoms with van der Waals surface area (Å²) in [5.41, 5.74) is 0. The Bertz CT molecular complexity index is 903. The van der Waals surface area contributed by atoms with Gasteiger partial charge < -0.3 is 33.2 Å². The van der Waals surface area contributed by atoms with Crippen molar-refractivity contribution in [1.29, 1.82) is 0 Å². The molecule has 0 bridgehead atoms. The van der Waals surface area contributed by atoms with Crippen LogP contribution in [-0.2, 0) is 33.2 Å². The normalized spacial score (nSPS) is 13.1. The van der Waals surface area contributed by atoms with Crippen LogP contribution in [0.5, 0.6) is 0 Å². The fourth-order valence-corrected chi connectivity index (χ4v) is 9.35. The molecule has 7 heteroatoms. The fourth-order valence-electron chi connectivity index (χ4n) is 9.35. The van der Waals surface area contributed by atoms with Crippen LogP contribution in [0.4, 0.5) is 0 Å². The van der Waals surface area contributed by atoms with Crippen molar-refractivity contribution < 1.29 is 33.2 Å². The van der Waals surface area contributed by atoms with Crippen molar-refractivity contribution in [3.05, 3.63) is 24.3 Å². The van der Waals surface area contributed by atoms with Gasteiger partial charge >= 0.3 is 0 Å². The van der Waals surface area contributed by atoms with Gasteiger partial charge in [0.05, 0.1) is 0 Å². The first-order valence-electron chi connectivity index (χ1n) is 31.7. The predicted molar refractivity (Wildman–Crippen MR) is 307 cm³/mol. The molecule has 424 valence electrons. The maximum atomic E-state index is 6.28. The van der Waals surface area contributed by atoms with Gasteiger partial charge in [0.1, 0.15) is 0 Å². The number of hydrogen-bond donors (Lipinski definition) is 0. The summed E-state index contributed by atoms with van der Waals surface area (Å²) < 4.78 is 42.5. The molecule has 0 heterocycles. The first kappa shape index (κ1) is 70.2. The van der Waals surface area contributed by atoms with E-state index in [1.54, 1.807) is 14.2 Å². The second kappa shape index (κ2) is 61.7. The lowest BCUT2D eigenvalue weighted by atomic mass is 10.1. The number of methoxy groups -OCH3 is 2. The molecular formula is C64H126O7. The molecule has 2 unspecified atom stereocenters. The molecule has 2 atom stereocenters. The molecule has 0 fully saturated rings. The van der Waals surface area contributed by atoms with Gasteiger partial charge in [-0.3, -0.25) is 0 Å². The van der Waals surface area contributed by atoms with Crippen LogP contribution in [0.1, 0.15) is 323 Å². The number of hydrogen-bond acceptors (Lipinski definition) is 7. The van der Waals surface area contributed by atoms with E-state index in [0.29, 0.717) is 0 Å². The van der Waals surface area contributed by atoms with Crippen molar-refractivity contribution >= 4 is 0 Å². The number of unbranched alkanes of at least 4 members (excludes halogenated alkanes) is 38. The maximum absolute atomic E-state index is 6.28. The standard InChI is InChI=1S/C64H126O7/c1-7-11-15-19-33-41-49-57-67-63(68-58-50-42-34-20-16-12-8-2)55-47-39-31-27-23-25-29-37-45-53-61(65-5)71-62(66-6)54-46-38-30-26-24-28-32-40-48-56-64(69-59-51-43-35-21-17-13-9-3)70-60-52-44-36-22-18-14-10-4/h45-46,53-54,61-64H,7-44,47-52,55-60H2,1-6H3. The van der Waals surface area contributed by atoms with E-state index in [0.717, 1.165) is 77.8 Å². The zero-order valence-electron chi connectivity index (χ0n) is 48.8. The first-order chi connectivity index (χ1) is 35.1. The van der Waals surface area contributed by atoms with Crippen molar-refractivity contribution in [1.82, 2.24) is 0 Å². The molecule has 0 saturated heterocycles. The van der Waals surface area contributed by atoms with E-state index >= 15 is 0 Å². The predicted octanol–water partition coefficient (Wildman–Crippen LogP) is 20.8. The van der Waals surface area contributed by atoms with Crippen LogP contribution in [0.25, 0.3) is 0 Å². The Labute approximate surface area is 444 Å². The number of allylic oxidation sites excluding steroid dienone is 2. The summed E-state index contributed by atoms with van der Waals surface area (Å²) >= 11 is 0. The molecule has 0 radical (unpaired) electrons. The van der Waals surface area contributed by atoms with E-state index in [9.17, 15) is 0 Å². The Morgan fingerprint density at radius 1 is 0.268 bits per heavy atom. The van der Waals surface area contributed by atoms with Crippen LogP contribution in [0.3, 0.4) is 0 Å². The van der Waals surface area contributed by atoms with Gasteiger partial charge in [0.2, 0.25) is 0 Å². The van der Waals surface area contributed by atoms with Crippen molar-refractivity contribution in [3.8, 4) is 0 Å². The molecule has 7 nitrogen and oxygen atoms in total. The average molecular weight is 1010 g/mol. The zero-order chi connectivity index (χ0) is 51.4. The van der Waals surface area contributed by atoms with Crippen LogP contribution >= 0.6 is 0 Å². The van der Waals surface area contributed by atoms with E-state index in [1.807, 2.05) is 12.2 Å². The Morgan fingerprint density at radius 2 is 0.493 bits per heavy atom. The molecule has 0 aromatic heterocycles. The van der Waals surface area contributed by atoms with E-state index in [2.05, 4.69) is 39.8 Å². The van der Waals surface area contributed by atoms with Gasteiger partial charge in [0.15, 0.2) is 25.2 Å². The third-order valence-electron chi connectivity index (χ3n) is 14.1. The van der Waals surface area contributed by atoms with Gasteiger partial charge in [0, 0.05) is 40.6 Å². The summed E-state index contributed by atoms with van der Waals surface area (Å²) in [5, 5.41) is 0. The van der Waals surface area contributed by atoms with Gasteiger partial charge in [-0.2, -0.15) is 0 Å². The SMILES string of the molecule is CCCCCCCCCOC(CCCCCCCCCC=CC(OC)OC(C=CCCCCCCCCCC(OCCCCCCCCC)OCCCCCCCCC)OC)OCCCCCCCCC. The minimum atomic E-state index is -0.406. The molecular weight excluding hydrogens is 881 g/mol. The lowest BCUT2D eigenvalue weighted by Gasteiger charge is -2.19. The summed E-state index contributed by atoms with van der Waals surface area (Å²) in [7, 11) is 3.41. The highest BCUT2D eigenvalue weighted by Crippen LogP contribution is 2.18. The molecule has 0 rings (SSSR count). The molecule has 0 spiro atoms. The smallest absolute Gasteiger partial charge is 0.179 e. The van der Waals surface area contributed by atoms with Crippen LogP contribution in [0, 0.1) is 0 Å². The van der Waals surface area contributed by atoms with Crippen LogP contribution < -0.4 is 0 Å². The molecule has 0 aliphatic carbocycles. The van der Waals surface area contributed by atoms with Crippen LogP contribution in [0.2, 0.25) is 0 Å². The van der Waals surface area contributed by atoms with Gasteiger partial charge in [0.25, 0.3) is 0 Å². The van der Waals surface area contributed by atoms with Crippen molar-refractivity contribution in [2.24, 2.45) is 0 Å². The summed E-state index contributed by atoms with van der Waals surface area (Å²) in [5.74, 6) is 0. The quantitative estimate of drug-likeness (QED) is 0.0342. The van der Waals surface area contributed by atoms with Gasteiger partial charge in [-0.25, -0.2) is 0 Å². The Hall–Kier alpha value is -0.800. The molecule has 0 aliphatic heterocycles. The number of rotatable bonds is 62. The second-order valence-corrected chi connectivity index (χ2v) is 21.1. The largest absolute Gasteiger partial charge is 0.353 e. The van der Waals surface area contributed by atoms with Gasteiger partial charge in [-0.1, -0.05) is 258 Å². The van der Waals surface area contributed by atoms with Crippen molar-refractivity contribution in [2.75, 3.05) is 40.6 Å². The average Bonchev–Trinajstić information content (AvgIpc) is 3.38. The Kier molecular flexibility index (Phi) is 61.0. The highest BCUT2D eigenvalue weighted by Gasteiger charge is 2.12. The van der Waals surface area contributed by atoms with E-state index in [4.69, 9.17) is 33.2 Å². The summed E-state index contributed by atoms with van der Waals surface area (Å²) in [6.45, 7) is 12.5. The minimum absolute atomic E-state index is 0.0158. The first-order valence-corrected chi connectivity index (χ1v) is 31.7. The van der Waals surface area contributed by atoms with E-state index in [1.165, 1.54) is 244 Å². The zero-order valence-corrected chi connectivity index (χ0v) is 48.8. The third-order valence-corrected chi connectivity index (χ3v) is 14.1. The summed E-state index contributed by atoms with van der Waals surface area (Å²) in [4.78, 5) is 0. The molecule has 0 amide bonds. The molecule has 0 N–H and O–H groups in total. The van der Waals surface area contributed by atoms with Crippen molar-refractivity contribution in [2.45, 2.75) is 348 Å². The monoisotopic (exact) mass is 1010 g/mol. The molecule has 0 aromatic rings. The highest BCUT2D eigenvalue weighted by molar-refractivity contribution is 4.89. The van der Waals surface area contributed by atoms with Crippen LogP contribution in [0.15, 0.2) is 24.3 Å². The fraction of sp³-hybridized carbons (Fsp3) is 0.938. The lowest BCUT2D eigenvalue weighted by Crippen LogP contribution is -2.22. The third kappa shape index (κ3) is 55.3. The van der Waals surface area contributed by atoms with Crippen molar-refractivity contribution in [3.63, 3.8) is 0 Å². The molecule has 0 saturated carbocycles. The highest BCUT2D eigenvalue weighted by atomic mass is 16.8. The van der Waals surface area contributed by atoms with Crippen LogP contribution in [-0.4, -0.2) is 65.8 Å². The van der Waals surface area contributed by atoms with E-state index < -0.39 is 12.6 Å². The summed E-state index contributed by atoms with van der Waals surface area (Å²) in [6.07, 6.45) is 66.4. The van der Waals surface area contributed by atoms with Gasteiger partial charge in [-0.15, -0.1) is 0 Å². The molecule has 71 heavy (non-hydrogen) atoms.